The average Bonchev–Trinajstić information content (AvgIpc) is 2.21. The minimum atomic E-state index is 0.930. The molecule has 0 aliphatic carbocycles. The molecule has 1 radical (unpaired) electrons. The Balaban J connectivity index is 2.46. The molecule has 2 aromatic heterocycles. The summed E-state index contributed by atoms with van der Waals surface area (Å²) in [6.07, 6.45) is 6.30. The van der Waals surface area contributed by atoms with Gasteiger partial charge in [-0.2, -0.15) is 0 Å². The molecule has 0 saturated heterocycles. The molecule has 2 nitrogen and oxygen atoms in total. The fourth-order valence-corrected chi connectivity index (χ4v) is 1.01. The number of aromatic nitrogens is 2. The van der Waals surface area contributed by atoms with Crippen LogP contribution in [-0.4, -0.2) is 9.97 Å². The highest BCUT2D eigenvalue weighted by Gasteiger charge is 1.94. The Morgan fingerprint density at radius 3 is 2.58 bits per heavy atom. The molecule has 0 aromatic carbocycles. The molecule has 0 aliphatic rings. The molecule has 0 atom stereocenters. The molecule has 0 bridgehead atoms. The minimum Gasteiger partial charge on any atom is -0.265 e. The molecular weight excluding hydrogens is 148 g/mol. The second-order valence-corrected chi connectivity index (χ2v) is 2.39. The molecular formula is C10H7N2. The van der Waals surface area contributed by atoms with E-state index < -0.39 is 0 Å². The molecule has 2 heterocycles. The van der Waals surface area contributed by atoms with Crippen LogP contribution in [0, 0.1) is 6.20 Å². The fourth-order valence-electron chi connectivity index (χ4n) is 1.01. The van der Waals surface area contributed by atoms with Crippen LogP contribution in [0.1, 0.15) is 0 Å². The van der Waals surface area contributed by atoms with Crippen LogP contribution in [0.4, 0.5) is 0 Å². The second kappa shape index (κ2) is 3.13. The molecule has 12 heavy (non-hydrogen) atoms. The van der Waals surface area contributed by atoms with Gasteiger partial charge in [0, 0.05) is 18.0 Å². The van der Waals surface area contributed by atoms with Gasteiger partial charge in [0.25, 0.3) is 0 Å². The van der Waals surface area contributed by atoms with Crippen molar-refractivity contribution in [2.45, 2.75) is 0 Å². The maximum Gasteiger partial charge on any atom is 0.0893 e. The first-order valence-corrected chi connectivity index (χ1v) is 3.70. The molecule has 57 valence electrons. The van der Waals surface area contributed by atoms with Gasteiger partial charge in [-0.1, -0.05) is 6.07 Å². The number of hydrogen-bond acceptors (Lipinski definition) is 2. The van der Waals surface area contributed by atoms with Gasteiger partial charge in [0.1, 0.15) is 0 Å². The molecule has 0 unspecified atom stereocenters. The lowest BCUT2D eigenvalue weighted by Gasteiger charge is -1.96. The number of pyridine rings is 2. The van der Waals surface area contributed by atoms with Gasteiger partial charge in [0.15, 0.2) is 0 Å². The maximum atomic E-state index is 4.10. The first-order chi connectivity index (χ1) is 5.97. The van der Waals surface area contributed by atoms with Crippen LogP contribution in [0.2, 0.25) is 0 Å². The molecule has 0 N–H and O–H groups in total. The van der Waals surface area contributed by atoms with Crippen LogP contribution in [-0.2, 0) is 0 Å². The van der Waals surface area contributed by atoms with Gasteiger partial charge < -0.3 is 0 Å². The van der Waals surface area contributed by atoms with Crippen LogP contribution in [0.5, 0.6) is 0 Å². The van der Waals surface area contributed by atoms with E-state index in [1.807, 2.05) is 24.3 Å². The Kier molecular flexibility index (Phi) is 1.82. The summed E-state index contributed by atoms with van der Waals surface area (Å²) in [6, 6.07) is 9.51. The zero-order valence-electron chi connectivity index (χ0n) is 6.44. The average molecular weight is 155 g/mol. The van der Waals surface area contributed by atoms with E-state index in [4.69, 9.17) is 0 Å². The van der Waals surface area contributed by atoms with E-state index in [1.54, 1.807) is 18.5 Å². The first-order valence-electron chi connectivity index (χ1n) is 3.70. The van der Waals surface area contributed by atoms with Crippen molar-refractivity contribution >= 4 is 0 Å². The predicted molar refractivity (Wildman–Crippen MR) is 46.3 cm³/mol. The molecule has 0 saturated carbocycles. The van der Waals surface area contributed by atoms with E-state index in [2.05, 4.69) is 16.2 Å². The third-order valence-corrected chi connectivity index (χ3v) is 1.59. The van der Waals surface area contributed by atoms with Gasteiger partial charge in [0.05, 0.1) is 11.9 Å². The summed E-state index contributed by atoms with van der Waals surface area (Å²) in [6.45, 7) is 0. The van der Waals surface area contributed by atoms with E-state index in [0.717, 1.165) is 11.3 Å². The molecule has 2 heteroatoms. The van der Waals surface area contributed by atoms with E-state index in [9.17, 15) is 0 Å². The lowest BCUT2D eigenvalue weighted by Crippen LogP contribution is -1.81. The van der Waals surface area contributed by atoms with Crippen molar-refractivity contribution in [3.8, 4) is 11.3 Å². The molecule has 2 rings (SSSR count). The lowest BCUT2D eigenvalue weighted by molar-refractivity contribution is 1.28. The molecule has 0 amide bonds. The molecule has 0 fully saturated rings. The van der Waals surface area contributed by atoms with Crippen LogP contribution in [0.25, 0.3) is 11.3 Å². The van der Waals surface area contributed by atoms with Gasteiger partial charge in [0.2, 0.25) is 0 Å². The van der Waals surface area contributed by atoms with E-state index in [-0.39, 0.29) is 0 Å². The van der Waals surface area contributed by atoms with Crippen molar-refractivity contribution in [1.82, 2.24) is 9.97 Å². The number of hydrogen-bond donors (Lipinski definition) is 0. The van der Waals surface area contributed by atoms with Crippen LogP contribution < -0.4 is 0 Å². The normalized spacial score (nSPS) is 9.67. The van der Waals surface area contributed by atoms with Crippen LogP contribution >= 0.6 is 0 Å². The minimum absolute atomic E-state index is 0.930. The summed E-state index contributed by atoms with van der Waals surface area (Å²) < 4.78 is 0. The zero-order chi connectivity index (χ0) is 8.23. The fraction of sp³-hybridized carbons (Fsp3) is 0. The summed E-state index contributed by atoms with van der Waals surface area (Å²) in [5, 5.41) is 0. The van der Waals surface area contributed by atoms with Crippen molar-refractivity contribution in [2.75, 3.05) is 0 Å². The van der Waals surface area contributed by atoms with Crippen molar-refractivity contribution < 1.29 is 0 Å². The Morgan fingerprint density at radius 1 is 1.08 bits per heavy atom. The van der Waals surface area contributed by atoms with Crippen molar-refractivity contribution in [3.05, 3.63) is 48.9 Å². The SMILES string of the molecule is [c]1cccc(-c2ccncc2)n1. The zero-order valence-corrected chi connectivity index (χ0v) is 6.44. The molecule has 2 aromatic rings. The third-order valence-electron chi connectivity index (χ3n) is 1.59. The lowest BCUT2D eigenvalue weighted by atomic mass is 10.2. The maximum absolute atomic E-state index is 4.10. The Hall–Kier alpha value is -1.70. The monoisotopic (exact) mass is 155 g/mol. The summed E-state index contributed by atoms with van der Waals surface area (Å²) >= 11 is 0. The predicted octanol–water partition coefficient (Wildman–Crippen LogP) is 1.94. The molecule has 0 aliphatic heterocycles. The van der Waals surface area contributed by atoms with Crippen molar-refractivity contribution in [3.63, 3.8) is 0 Å². The highest BCUT2D eigenvalue weighted by atomic mass is 14.7. The van der Waals surface area contributed by atoms with Gasteiger partial charge in [-0.15, -0.1) is 0 Å². The van der Waals surface area contributed by atoms with E-state index in [0.29, 0.717) is 0 Å². The van der Waals surface area contributed by atoms with E-state index >= 15 is 0 Å². The second-order valence-electron chi connectivity index (χ2n) is 2.39. The number of rotatable bonds is 1. The highest BCUT2D eigenvalue weighted by Crippen LogP contribution is 2.13. The van der Waals surface area contributed by atoms with Crippen LogP contribution in [0.15, 0.2) is 42.7 Å². The van der Waals surface area contributed by atoms with Gasteiger partial charge in [-0.05, 0) is 24.3 Å². The Labute approximate surface area is 70.9 Å². The van der Waals surface area contributed by atoms with Crippen molar-refractivity contribution in [2.24, 2.45) is 0 Å². The van der Waals surface area contributed by atoms with Gasteiger partial charge >= 0.3 is 0 Å². The quantitative estimate of drug-likeness (QED) is 0.629. The first kappa shape index (κ1) is 6.98. The summed E-state index contributed by atoms with van der Waals surface area (Å²) in [5.74, 6) is 0. The standard InChI is InChI=1S/C10H7N2/c1-2-6-12-10(3-1)9-4-7-11-8-5-9/h1-5,7-8H. The summed E-state index contributed by atoms with van der Waals surface area (Å²) in [7, 11) is 0. The highest BCUT2D eigenvalue weighted by molar-refractivity contribution is 5.57. The van der Waals surface area contributed by atoms with E-state index in [1.165, 1.54) is 0 Å². The Bertz CT molecular complexity index is 305. The van der Waals surface area contributed by atoms with Crippen LogP contribution in [0.3, 0.4) is 0 Å². The smallest absolute Gasteiger partial charge is 0.0893 e. The van der Waals surface area contributed by atoms with Gasteiger partial charge in [-0.25, -0.2) is 4.98 Å². The number of nitrogens with zero attached hydrogens (tertiary/aromatic N) is 2. The summed E-state index contributed by atoms with van der Waals surface area (Å²) in [5.41, 5.74) is 2.00. The topological polar surface area (TPSA) is 25.8 Å². The van der Waals surface area contributed by atoms with Crippen molar-refractivity contribution in [1.29, 1.82) is 0 Å². The largest absolute Gasteiger partial charge is 0.265 e. The summed E-state index contributed by atoms with van der Waals surface area (Å²) in [4.78, 5) is 8.03. The third kappa shape index (κ3) is 1.32. The van der Waals surface area contributed by atoms with Gasteiger partial charge in [-0.3, -0.25) is 4.98 Å². The molecule has 0 spiro atoms. The Morgan fingerprint density at radius 2 is 1.92 bits per heavy atom.